The van der Waals surface area contributed by atoms with E-state index >= 15 is 0 Å². The number of alkyl carbamates (subject to hydrolysis) is 2. The smallest absolute Gasteiger partial charge is 0.407 e. The Bertz CT molecular complexity index is 455. The molecule has 0 saturated heterocycles. The van der Waals surface area contributed by atoms with E-state index in [9.17, 15) is 9.59 Å². The van der Waals surface area contributed by atoms with Crippen molar-refractivity contribution in [3.63, 3.8) is 0 Å². The van der Waals surface area contributed by atoms with Crippen molar-refractivity contribution in [3.8, 4) is 0 Å². The molecule has 9 nitrogen and oxygen atoms in total. The number of aliphatic hydroxyl groups excluding tert-OH is 2. The summed E-state index contributed by atoms with van der Waals surface area (Å²) in [5.74, 6) is 0. The van der Waals surface area contributed by atoms with Crippen molar-refractivity contribution in [2.24, 2.45) is 0 Å². The quantitative estimate of drug-likeness (QED) is 0.397. The summed E-state index contributed by atoms with van der Waals surface area (Å²) in [4.78, 5) is 23.2. The standard InChI is InChI=1S/C18H36N2O7/c1-13(11-21)26-15(23)19-9-7-18(5,6)25-10-8-17(3,4)20-16(24)27-14(2)12-22/h13-14,21-22H,7-12H2,1-6H3,(H,19,23)(H,20,24). The first-order chi connectivity index (χ1) is 12.4. The number of amides is 2. The van der Waals surface area contributed by atoms with Gasteiger partial charge < -0.3 is 35.1 Å². The molecule has 2 unspecified atom stereocenters. The third-order valence-electron chi connectivity index (χ3n) is 3.79. The monoisotopic (exact) mass is 392 g/mol. The van der Waals surface area contributed by atoms with Crippen LogP contribution >= 0.6 is 0 Å². The number of carbonyl (C=O) groups excluding carboxylic acids is 2. The van der Waals surface area contributed by atoms with E-state index in [2.05, 4.69) is 10.6 Å². The lowest BCUT2D eigenvalue weighted by Crippen LogP contribution is -2.46. The summed E-state index contributed by atoms with van der Waals surface area (Å²) in [5, 5.41) is 23.1. The molecular weight excluding hydrogens is 356 g/mol. The molecule has 9 heteroatoms. The van der Waals surface area contributed by atoms with Gasteiger partial charge in [-0.1, -0.05) is 0 Å². The highest BCUT2D eigenvalue weighted by molar-refractivity contribution is 5.68. The molecule has 27 heavy (non-hydrogen) atoms. The van der Waals surface area contributed by atoms with Crippen LogP contribution in [0.2, 0.25) is 0 Å². The lowest BCUT2D eigenvalue weighted by molar-refractivity contribution is -0.0306. The van der Waals surface area contributed by atoms with Gasteiger partial charge in [0.2, 0.25) is 0 Å². The van der Waals surface area contributed by atoms with Crippen molar-refractivity contribution >= 4 is 12.2 Å². The number of rotatable bonds is 12. The summed E-state index contributed by atoms with van der Waals surface area (Å²) in [6.45, 7) is 11.1. The Hall–Kier alpha value is -1.58. The second-order valence-corrected chi connectivity index (χ2v) is 7.84. The average molecular weight is 392 g/mol. The number of aliphatic hydroxyl groups is 2. The zero-order valence-electron chi connectivity index (χ0n) is 17.3. The normalized spacial score (nSPS) is 14.2. The van der Waals surface area contributed by atoms with Crippen molar-refractivity contribution in [2.45, 2.75) is 77.7 Å². The van der Waals surface area contributed by atoms with E-state index in [-0.39, 0.29) is 13.2 Å². The van der Waals surface area contributed by atoms with E-state index in [1.807, 2.05) is 27.7 Å². The molecule has 2 atom stereocenters. The van der Waals surface area contributed by atoms with E-state index < -0.39 is 35.5 Å². The van der Waals surface area contributed by atoms with Gasteiger partial charge in [-0.3, -0.25) is 0 Å². The van der Waals surface area contributed by atoms with Crippen molar-refractivity contribution in [2.75, 3.05) is 26.4 Å². The van der Waals surface area contributed by atoms with Crippen molar-refractivity contribution in [3.05, 3.63) is 0 Å². The van der Waals surface area contributed by atoms with Crippen LogP contribution in [0, 0.1) is 0 Å². The van der Waals surface area contributed by atoms with E-state index in [0.29, 0.717) is 26.0 Å². The fourth-order valence-electron chi connectivity index (χ4n) is 1.97. The van der Waals surface area contributed by atoms with Crippen LogP contribution in [0.3, 0.4) is 0 Å². The molecule has 0 bridgehead atoms. The predicted octanol–water partition coefficient (Wildman–Crippen LogP) is 1.55. The highest BCUT2D eigenvalue weighted by Gasteiger charge is 2.25. The number of hydrogen-bond donors (Lipinski definition) is 4. The molecule has 0 aromatic heterocycles. The van der Waals surface area contributed by atoms with Gasteiger partial charge in [-0.2, -0.15) is 0 Å². The van der Waals surface area contributed by atoms with Crippen LogP contribution in [0.5, 0.6) is 0 Å². The molecule has 0 aromatic rings. The summed E-state index contributed by atoms with van der Waals surface area (Å²) < 4.78 is 15.8. The zero-order chi connectivity index (χ0) is 21.1. The maximum Gasteiger partial charge on any atom is 0.407 e. The van der Waals surface area contributed by atoms with E-state index in [4.69, 9.17) is 24.4 Å². The lowest BCUT2D eigenvalue weighted by Gasteiger charge is -2.30. The number of carbonyl (C=O) groups is 2. The van der Waals surface area contributed by atoms with Gasteiger partial charge in [0.15, 0.2) is 0 Å². The Kier molecular flexibility index (Phi) is 11.3. The minimum atomic E-state index is -0.583. The molecule has 0 rings (SSSR count). The Morgan fingerprint density at radius 1 is 0.926 bits per heavy atom. The number of hydrogen-bond acceptors (Lipinski definition) is 7. The highest BCUT2D eigenvalue weighted by atomic mass is 16.6. The lowest BCUT2D eigenvalue weighted by atomic mass is 10.0. The third kappa shape index (κ3) is 13.3. The van der Waals surface area contributed by atoms with Gasteiger partial charge in [0.1, 0.15) is 12.2 Å². The second kappa shape index (κ2) is 12.0. The summed E-state index contributed by atoms with van der Waals surface area (Å²) in [5.41, 5.74) is -1.01. The van der Waals surface area contributed by atoms with Crippen LogP contribution in [0.15, 0.2) is 0 Å². The molecule has 0 radical (unpaired) electrons. The molecule has 0 fully saturated rings. The maximum absolute atomic E-state index is 11.7. The van der Waals surface area contributed by atoms with Gasteiger partial charge in [-0.25, -0.2) is 9.59 Å². The Morgan fingerprint density at radius 2 is 1.44 bits per heavy atom. The molecule has 4 N–H and O–H groups in total. The molecule has 0 aliphatic heterocycles. The molecule has 0 saturated carbocycles. The maximum atomic E-state index is 11.7. The van der Waals surface area contributed by atoms with E-state index in [1.165, 1.54) is 0 Å². The van der Waals surface area contributed by atoms with Crippen molar-refractivity contribution in [1.82, 2.24) is 10.6 Å². The predicted molar refractivity (Wildman–Crippen MR) is 101 cm³/mol. The Balaban J connectivity index is 4.14. The summed E-state index contributed by atoms with van der Waals surface area (Å²) >= 11 is 0. The minimum absolute atomic E-state index is 0.224. The summed E-state index contributed by atoms with van der Waals surface area (Å²) in [6.07, 6.45) is -1.14. The molecular formula is C18H36N2O7. The minimum Gasteiger partial charge on any atom is -0.444 e. The third-order valence-corrected chi connectivity index (χ3v) is 3.79. The Labute approximate surface area is 161 Å². The van der Waals surface area contributed by atoms with Crippen LogP contribution in [-0.2, 0) is 14.2 Å². The average Bonchev–Trinajstić information content (AvgIpc) is 2.52. The van der Waals surface area contributed by atoms with Gasteiger partial charge in [0.05, 0.1) is 18.8 Å². The van der Waals surface area contributed by atoms with Crippen LogP contribution in [-0.4, -0.2) is 72.1 Å². The fraction of sp³-hybridized carbons (Fsp3) is 0.889. The second-order valence-electron chi connectivity index (χ2n) is 7.84. The van der Waals surface area contributed by atoms with Crippen molar-refractivity contribution < 1.29 is 34.0 Å². The van der Waals surface area contributed by atoms with Gasteiger partial charge in [-0.05, 0) is 54.4 Å². The SMILES string of the molecule is CC(CO)OC(=O)NCCC(C)(C)OCCC(C)(C)NC(=O)OC(C)CO. The summed E-state index contributed by atoms with van der Waals surface area (Å²) in [6, 6.07) is 0. The van der Waals surface area contributed by atoms with Crippen LogP contribution < -0.4 is 10.6 Å². The molecule has 0 spiro atoms. The zero-order valence-corrected chi connectivity index (χ0v) is 17.3. The first-order valence-corrected chi connectivity index (χ1v) is 9.20. The van der Waals surface area contributed by atoms with Crippen LogP contribution in [0.25, 0.3) is 0 Å². The first-order valence-electron chi connectivity index (χ1n) is 9.20. The highest BCUT2D eigenvalue weighted by Crippen LogP contribution is 2.17. The molecule has 0 aliphatic carbocycles. The molecule has 0 aliphatic rings. The van der Waals surface area contributed by atoms with Crippen molar-refractivity contribution in [1.29, 1.82) is 0 Å². The van der Waals surface area contributed by atoms with Crippen LogP contribution in [0.1, 0.15) is 54.4 Å². The first kappa shape index (κ1) is 25.4. The van der Waals surface area contributed by atoms with Crippen LogP contribution in [0.4, 0.5) is 9.59 Å². The topological polar surface area (TPSA) is 126 Å². The number of ether oxygens (including phenoxy) is 3. The van der Waals surface area contributed by atoms with Gasteiger partial charge >= 0.3 is 12.2 Å². The van der Waals surface area contributed by atoms with Gasteiger partial charge in [-0.15, -0.1) is 0 Å². The largest absolute Gasteiger partial charge is 0.444 e. The van der Waals surface area contributed by atoms with E-state index in [0.717, 1.165) is 0 Å². The molecule has 160 valence electrons. The fourth-order valence-corrected chi connectivity index (χ4v) is 1.97. The van der Waals surface area contributed by atoms with E-state index in [1.54, 1.807) is 13.8 Å². The molecule has 0 heterocycles. The molecule has 2 amide bonds. The number of nitrogens with one attached hydrogen (secondary N) is 2. The summed E-state index contributed by atoms with van der Waals surface area (Å²) in [7, 11) is 0. The Morgan fingerprint density at radius 3 is 1.96 bits per heavy atom. The van der Waals surface area contributed by atoms with Gasteiger partial charge in [0, 0.05) is 18.7 Å². The van der Waals surface area contributed by atoms with Gasteiger partial charge in [0.25, 0.3) is 0 Å². The molecule has 0 aromatic carbocycles.